The molecule has 0 saturated carbocycles. The lowest BCUT2D eigenvalue weighted by Gasteiger charge is -2.30. The van der Waals surface area contributed by atoms with Crippen molar-refractivity contribution in [2.75, 3.05) is 39.4 Å². The second-order valence-electron chi connectivity index (χ2n) is 10.9. The average Bonchev–Trinajstić information content (AvgIpc) is 3.65. The van der Waals surface area contributed by atoms with Gasteiger partial charge in [0, 0.05) is 69.5 Å². The van der Waals surface area contributed by atoms with E-state index in [1.807, 2.05) is 11.0 Å². The fourth-order valence-electron chi connectivity index (χ4n) is 6.42. The monoisotopic (exact) mass is 535 g/mol. The maximum absolute atomic E-state index is 13.2. The molecule has 2 aromatic rings. The molecular formula is C27H32F3N3O5. The first-order chi connectivity index (χ1) is 18.2. The number of alkyl halides is 3. The summed E-state index contributed by atoms with van der Waals surface area (Å²) in [6.07, 6.45) is -0.0353. The highest BCUT2D eigenvalue weighted by molar-refractivity contribution is 5.80. The van der Waals surface area contributed by atoms with E-state index in [9.17, 15) is 22.8 Å². The minimum absolute atomic E-state index is 0.0126. The molecule has 206 valence electrons. The summed E-state index contributed by atoms with van der Waals surface area (Å²) in [4.78, 5) is 29.6. The smallest absolute Gasteiger partial charge is 0.416 e. The Hall–Kier alpha value is -2.47. The minimum atomic E-state index is -4.59. The van der Waals surface area contributed by atoms with Crippen LogP contribution in [0.1, 0.15) is 47.9 Å². The van der Waals surface area contributed by atoms with Gasteiger partial charge in [-0.05, 0) is 37.0 Å². The van der Waals surface area contributed by atoms with E-state index in [1.165, 1.54) is 10.1 Å². The molecule has 0 bridgehead atoms. The van der Waals surface area contributed by atoms with E-state index >= 15 is 0 Å². The number of hydrogen-bond acceptors (Lipinski definition) is 7. The fraction of sp³-hybridized carbons (Fsp3) is 0.630. The van der Waals surface area contributed by atoms with E-state index in [4.69, 9.17) is 13.9 Å². The zero-order valence-electron chi connectivity index (χ0n) is 21.1. The van der Waals surface area contributed by atoms with Gasteiger partial charge in [0.05, 0.1) is 31.1 Å². The van der Waals surface area contributed by atoms with Crippen LogP contribution in [0.25, 0.3) is 0 Å². The van der Waals surface area contributed by atoms with Crippen molar-refractivity contribution in [3.63, 3.8) is 0 Å². The number of furan rings is 1. The van der Waals surface area contributed by atoms with Crippen LogP contribution < -0.4 is 5.56 Å². The summed E-state index contributed by atoms with van der Waals surface area (Å²) >= 11 is 0. The van der Waals surface area contributed by atoms with Crippen molar-refractivity contribution in [1.29, 1.82) is 0 Å². The summed E-state index contributed by atoms with van der Waals surface area (Å²) in [5, 5.41) is 0. The van der Waals surface area contributed by atoms with Crippen LogP contribution in [0.15, 0.2) is 33.7 Å². The van der Waals surface area contributed by atoms with Gasteiger partial charge in [0.2, 0.25) is 0 Å². The molecule has 0 aromatic carbocycles. The van der Waals surface area contributed by atoms with Crippen LogP contribution in [0.5, 0.6) is 0 Å². The lowest BCUT2D eigenvalue weighted by molar-refractivity contribution is -0.138. The molecule has 6 rings (SSSR count). The van der Waals surface area contributed by atoms with Gasteiger partial charge in [0.1, 0.15) is 17.6 Å². The van der Waals surface area contributed by atoms with Gasteiger partial charge in [-0.15, -0.1) is 0 Å². The predicted molar refractivity (Wildman–Crippen MR) is 130 cm³/mol. The molecular weight excluding hydrogens is 503 g/mol. The number of aromatic nitrogens is 1. The summed E-state index contributed by atoms with van der Waals surface area (Å²) in [5.41, 5.74) is -0.140. The number of hydrogen-bond donors (Lipinski definition) is 0. The Kier molecular flexibility index (Phi) is 6.96. The topological polar surface area (TPSA) is 77.2 Å². The van der Waals surface area contributed by atoms with Crippen LogP contribution >= 0.6 is 0 Å². The normalized spacial score (nSPS) is 28.1. The molecule has 0 spiro atoms. The van der Waals surface area contributed by atoms with E-state index in [2.05, 4.69) is 4.90 Å². The van der Waals surface area contributed by atoms with Crippen LogP contribution in [0.3, 0.4) is 0 Å². The number of carbonyl (C=O) groups is 1. The Labute approximate surface area is 218 Å². The molecule has 0 radical (unpaired) electrons. The van der Waals surface area contributed by atoms with Crippen molar-refractivity contribution >= 4 is 5.78 Å². The van der Waals surface area contributed by atoms with Gasteiger partial charge in [0.15, 0.2) is 0 Å². The van der Waals surface area contributed by atoms with Crippen LogP contribution in [0, 0.1) is 5.92 Å². The number of ether oxygens (including phenoxy) is 2. The fourth-order valence-corrected chi connectivity index (χ4v) is 6.42. The SMILES string of the molecule is O=C(CC1CN(C2CCOC2)C[C@@H]1OC1CCc2ccoc21)CN1CCn2c(cc(C(F)(F)F)cc2=O)C1. The van der Waals surface area contributed by atoms with E-state index in [-0.39, 0.29) is 49.2 Å². The zero-order chi connectivity index (χ0) is 26.4. The van der Waals surface area contributed by atoms with Gasteiger partial charge in [-0.1, -0.05) is 0 Å². The maximum Gasteiger partial charge on any atom is 0.416 e. The lowest BCUT2D eigenvalue weighted by Crippen LogP contribution is -2.42. The Bertz CT molecular complexity index is 1240. The number of halogens is 3. The highest BCUT2D eigenvalue weighted by Gasteiger charge is 2.41. The van der Waals surface area contributed by atoms with Crippen LogP contribution in [-0.4, -0.2) is 71.7 Å². The first-order valence-corrected chi connectivity index (χ1v) is 13.3. The molecule has 0 amide bonds. The number of likely N-dealkylation sites (tertiary alicyclic amines) is 1. The highest BCUT2D eigenvalue weighted by atomic mass is 19.4. The summed E-state index contributed by atoms with van der Waals surface area (Å²) in [7, 11) is 0. The number of nitrogens with zero attached hydrogens (tertiary/aromatic N) is 3. The van der Waals surface area contributed by atoms with E-state index in [1.54, 1.807) is 6.26 Å². The third kappa shape index (κ3) is 5.21. The van der Waals surface area contributed by atoms with Crippen molar-refractivity contribution in [3.8, 4) is 0 Å². The van der Waals surface area contributed by atoms with Crippen molar-refractivity contribution in [1.82, 2.24) is 14.4 Å². The van der Waals surface area contributed by atoms with Gasteiger partial charge in [0.25, 0.3) is 5.56 Å². The number of pyridine rings is 1. The molecule has 2 aromatic heterocycles. The largest absolute Gasteiger partial charge is 0.466 e. The lowest BCUT2D eigenvalue weighted by atomic mass is 9.98. The maximum atomic E-state index is 13.2. The Morgan fingerprint density at radius 1 is 1.16 bits per heavy atom. The second-order valence-corrected chi connectivity index (χ2v) is 10.9. The molecule has 5 heterocycles. The zero-order valence-corrected chi connectivity index (χ0v) is 21.1. The van der Waals surface area contributed by atoms with Crippen molar-refractivity contribution < 1.29 is 31.9 Å². The number of aryl methyl sites for hydroxylation is 1. The molecule has 3 aliphatic heterocycles. The highest BCUT2D eigenvalue weighted by Crippen LogP contribution is 2.39. The Morgan fingerprint density at radius 2 is 2.03 bits per heavy atom. The first-order valence-electron chi connectivity index (χ1n) is 13.3. The molecule has 2 saturated heterocycles. The Morgan fingerprint density at radius 3 is 2.82 bits per heavy atom. The van der Waals surface area contributed by atoms with Crippen LogP contribution in [0.2, 0.25) is 0 Å². The summed E-state index contributed by atoms with van der Waals surface area (Å²) in [6.45, 7) is 3.86. The third-order valence-electron chi connectivity index (χ3n) is 8.38. The summed E-state index contributed by atoms with van der Waals surface area (Å²) in [5.74, 6) is 0.929. The van der Waals surface area contributed by atoms with Gasteiger partial charge < -0.3 is 18.5 Å². The number of ketones is 1. The summed E-state index contributed by atoms with van der Waals surface area (Å²) < 4.78 is 58.9. The predicted octanol–water partition coefficient (Wildman–Crippen LogP) is 3.03. The quantitative estimate of drug-likeness (QED) is 0.540. The molecule has 4 aliphatic rings. The molecule has 0 N–H and O–H groups in total. The molecule has 8 nitrogen and oxygen atoms in total. The molecule has 11 heteroatoms. The van der Waals surface area contributed by atoms with Crippen molar-refractivity contribution in [2.45, 2.75) is 63.2 Å². The third-order valence-corrected chi connectivity index (χ3v) is 8.38. The van der Waals surface area contributed by atoms with Crippen LogP contribution in [-0.2, 0) is 40.0 Å². The van der Waals surface area contributed by atoms with Gasteiger partial charge in [-0.3, -0.25) is 19.4 Å². The molecule has 4 atom stereocenters. The van der Waals surface area contributed by atoms with E-state index < -0.39 is 17.3 Å². The number of Topliss-reactive ketones (excluding diaryl/α,β-unsaturated/α-hetero) is 1. The molecule has 3 unspecified atom stereocenters. The molecule has 1 aliphatic carbocycles. The van der Waals surface area contributed by atoms with Crippen molar-refractivity contribution in [3.05, 3.63) is 57.4 Å². The number of rotatable bonds is 7. The van der Waals surface area contributed by atoms with E-state index in [0.717, 1.165) is 50.8 Å². The van der Waals surface area contributed by atoms with Gasteiger partial charge >= 0.3 is 6.18 Å². The standard InChI is InChI=1S/C27H32F3N3O5/c28-27(29,30)19-10-21-13-31(5-6-33(21)25(35)11-19)14-22(34)9-18-12-32(20-4-7-36-16-20)15-24(18)38-23-2-1-17-3-8-37-26(17)23/h3,8,10-11,18,20,23-24H,1-2,4-7,9,12-16H2/t18?,20?,23?,24-/m0/s1. The van der Waals surface area contributed by atoms with Crippen LogP contribution in [0.4, 0.5) is 13.2 Å². The molecule has 38 heavy (non-hydrogen) atoms. The minimum Gasteiger partial charge on any atom is -0.466 e. The summed E-state index contributed by atoms with van der Waals surface area (Å²) in [6, 6.07) is 3.97. The van der Waals surface area contributed by atoms with Crippen molar-refractivity contribution in [2.24, 2.45) is 5.92 Å². The second kappa shape index (κ2) is 10.3. The number of fused-ring (bicyclic) bond motifs is 2. The van der Waals surface area contributed by atoms with Gasteiger partial charge in [-0.25, -0.2) is 0 Å². The number of carbonyl (C=O) groups excluding carboxylic acids is 1. The average molecular weight is 536 g/mol. The molecule has 2 fully saturated rings. The van der Waals surface area contributed by atoms with E-state index in [0.29, 0.717) is 31.7 Å². The Balaban J connectivity index is 1.11. The van der Waals surface area contributed by atoms with Gasteiger partial charge in [-0.2, -0.15) is 13.2 Å². The first kappa shape index (κ1) is 25.8.